The van der Waals surface area contributed by atoms with Gasteiger partial charge in [-0.25, -0.2) is 4.98 Å². The zero-order valence-corrected chi connectivity index (χ0v) is 12.7. The van der Waals surface area contributed by atoms with Gasteiger partial charge in [0.25, 0.3) is 0 Å². The highest BCUT2D eigenvalue weighted by atomic mass is 32.1. The van der Waals surface area contributed by atoms with E-state index in [4.69, 9.17) is 10.7 Å². The van der Waals surface area contributed by atoms with Crippen molar-refractivity contribution in [3.63, 3.8) is 0 Å². The van der Waals surface area contributed by atoms with Crippen LogP contribution in [-0.4, -0.2) is 9.55 Å². The third kappa shape index (κ3) is 2.43. The molecule has 0 atom stereocenters. The number of benzene rings is 1. The Kier molecular flexibility index (Phi) is 3.49. The number of nitrogens with zero attached hydrogens (tertiary/aromatic N) is 2. The van der Waals surface area contributed by atoms with Crippen molar-refractivity contribution in [2.24, 2.45) is 0 Å². The van der Waals surface area contributed by atoms with Crippen molar-refractivity contribution < 1.29 is 0 Å². The Hall–Kier alpha value is -1.81. The van der Waals surface area contributed by atoms with E-state index >= 15 is 0 Å². The lowest BCUT2D eigenvalue weighted by atomic mass is 10.2. The van der Waals surface area contributed by atoms with E-state index in [-0.39, 0.29) is 0 Å². The number of hydrogen-bond acceptors (Lipinski definition) is 3. The molecule has 0 unspecified atom stereocenters. The number of aromatic nitrogens is 2. The predicted molar refractivity (Wildman–Crippen MR) is 86.3 cm³/mol. The molecule has 3 nitrogen and oxygen atoms in total. The summed E-state index contributed by atoms with van der Waals surface area (Å²) in [6.45, 7) is 5.34. The first-order chi connectivity index (χ1) is 9.65. The average Bonchev–Trinajstić information content (AvgIpc) is 3.02. The van der Waals surface area contributed by atoms with E-state index < -0.39 is 0 Å². The largest absolute Gasteiger partial charge is 0.399 e. The van der Waals surface area contributed by atoms with Crippen LogP contribution in [0.1, 0.15) is 31.2 Å². The first-order valence-electron chi connectivity index (χ1n) is 6.92. The second kappa shape index (κ2) is 5.29. The fraction of sp³-hybridized carbons (Fsp3) is 0.312. The van der Waals surface area contributed by atoms with E-state index in [9.17, 15) is 0 Å². The summed E-state index contributed by atoms with van der Waals surface area (Å²) in [5.41, 5.74) is 10.2. The highest BCUT2D eigenvalue weighted by Crippen LogP contribution is 2.24. The molecule has 0 bridgehead atoms. The molecule has 2 heterocycles. The van der Waals surface area contributed by atoms with Gasteiger partial charge in [-0.15, -0.1) is 0 Å². The Balaban J connectivity index is 2.00. The second-order valence-corrected chi connectivity index (χ2v) is 6.19. The van der Waals surface area contributed by atoms with Gasteiger partial charge in [-0.05, 0) is 47.0 Å². The Morgan fingerprint density at radius 3 is 2.85 bits per heavy atom. The molecule has 0 saturated heterocycles. The summed E-state index contributed by atoms with van der Waals surface area (Å²) in [5, 5.41) is 4.34. The third-order valence-electron chi connectivity index (χ3n) is 3.52. The van der Waals surface area contributed by atoms with Crippen molar-refractivity contribution in [1.82, 2.24) is 9.55 Å². The van der Waals surface area contributed by atoms with Gasteiger partial charge in [-0.2, -0.15) is 11.3 Å². The summed E-state index contributed by atoms with van der Waals surface area (Å²) in [5.74, 6) is 1.55. The second-order valence-electron chi connectivity index (χ2n) is 5.41. The van der Waals surface area contributed by atoms with Gasteiger partial charge in [0.1, 0.15) is 5.82 Å². The molecule has 3 aromatic rings. The molecule has 0 aliphatic heterocycles. The van der Waals surface area contributed by atoms with E-state index in [0.717, 1.165) is 30.0 Å². The molecule has 0 fully saturated rings. The van der Waals surface area contributed by atoms with E-state index in [1.807, 2.05) is 12.1 Å². The van der Waals surface area contributed by atoms with E-state index in [1.165, 1.54) is 11.1 Å². The first-order valence-corrected chi connectivity index (χ1v) is 7.86. The van der Waals surface area contributed by atoms with Crippen LogP contribution < -0.4 is 5.73 Å². The zero-order valence-electron chi connectivity index (χ0n) is 11.8. The van der Waals surface area contributed by atoms with Gasteiger partial charge in [0.05, 0.1) is 11.0 Å². The predicted octanol–water partition coefficient (Wildman–Crippen LogP) is 4.05. The highest BCUT2D eigenvalue weighted by Gasteiger charge is 2.13. The number of thiophene rings is 1. The number of rotatable bonds is 4. The van der Waals surface area contributed by atoms with Crippen molar-refractivity contribution in [2.45, 2.75) is 32.7 Å². The van der Waals surface area contributed by atoms with Crippen LogP contribution in [0.4, 0.5) is 5.69 Å². The summed E-state index contributed by atoms with van der Waals surface area (Å²) in [4.78, 5) is 4.76. The van der Waals surface area contributed by atoms with Gasteiger partial charge >= 0.3 is 0 Å². The number of imidazole rings is 1. The molecule has 4 heteroatoms. The van der Waals surface area contributed by atoms with Crippen LogP contribution in [0.3, 0.4) is 0 Å². The number of nitrogens with two attached hydrogens (primary N) is 1. The minimum absolute atomic E-state index is 0.408. The summed E-state index contributed by atoms with van der Waals surface area (Å²) in [6, 6.07) is 8.19. The van der Waals surface area contributed by atoms with Crippen molar-refractivity contribution in [3.05, 3.63) is 46.4 Å². The number of hydrogen-bond donors (Lipinski definition) is 1. The van der Waals surface area contributed by atoms with Crippen LogP contribution >= 0.6 is 11.3 Å². The molecular weight excluding hydrogens is 266 g/mol. The van der Waals surface area contributed by atoms with Gasteiger partial charge in [-0.3, -0.25) is 0 Å². The van der Waals surface area contributed by atoms with Crippen LogP contribution in [0, 0.1) is 0 Å². The summed E-state index contributed by atoms with van der Waals surface area (Å²) < 4.78 is 2.33. The SMILES string of the molecule is CC(C)c1nc2cc(N)ccc2n1CCc1ccsc1. The highest BCUT2D eigenvalue weighted by molar-refractivity contribution is 7.07. The molecule has 104 valence electrons. The Bertz CT molecular complexity index is 711. The lowest BCUT2D eigenvalue weighted by molar-refractivity contribution is 0.634. The summed E-state index contributed by atoms with van der Waals surface area (Å²) in [7, 11) is 0. The Labute approximate surface area is 123 Å². The lowest BCUT2D eigenvalue weighted by Gasteiger charge is -2.11. The van der Waals surface area contributed by atoms with Crippen LogP contribution in [0.5, 0.6) is 0 Å². The minimum Gasteiger partial charge on any atom is -0.399 e. The molecule has 0 amide bonds. The lowest BCUT2D eigenvalue weighted by Crippen LogP contribution is -2.07. The normalized spacial score (nSPS) is 11.6. The van der Waals surface area contributed by atoms with Crippen LogP contribution in [0.2, 0.25) is 0 Å². The molecule has 0 spiro atoms. The smallest absolute Gasteiger partial charge is 0.112 e. The standard InChI is InChI=1S/C16H19N3S/c1-11(2)16-18-14-9-13(17)3-4-15(14)19(16)7-5-12-6-8-20-10-12/h3-4,6,8-11H,5,7,17H2,1-2H3. The maximum absolute atomic E-state index is 5.86. The quantitative estimate of drug-likeness (QED) is 0.735. The fourth-order valence-electron chi connectivity index (χ4n) is 2.52. The molecule has 0 saturated carbocycles. The summed E-state index contributed by atoms with van der Waals surface area (Å²) in [6.07, 6.45) is 1.04. The molecule has 0 aliphatic rings. The minimum atomic E-state index is 0.408. The van der Waals surface area contributed by atoms with Crippen LogP contribution in [0.25, 0.3) is 11.0 Å². The van der Waals surface area contributed by atoms with Crippen molar-refractivity contribution >= 4 is 28.1 Å². The van der Waals surface area contributed by atoms with Gasteiger partial charge in [-0.1, -0.05) is 13.8 Å². The molecule has 20 heavy (non-hydrogen) atoms. The maximum atomic E-state index is 5.86. The molecular formula is C16H19N3S. The van der Waals surface area contributed by atoms with Gasteiger partial charge in [0, 0.05) is 18.2 Å². The number of anilines is 1. The van der Waals surface area contributed by atoms with Crippen molar-refractivity contribution in [1.29, 1.82) is 0 Å². The zero-order chi connectivity index (χ0) is 14.1. The molecule has 3 rings (SSSR count). The Morgan fingerprint density at radius 1 is 1.30 bits per heavy atom. The van der Waals surface area contributed by atoms with Gasteiger partial charge < -0.3 is 10.3 Å². The first kappa shape index (κ1) is 13.2. The fourth-order valence-corrected chi connectivity index (χ4v) is 3.22. The monoisotopic (exact) mass is 285 g/mol. The summed E-state index contributed by atoms with van der Waals surface area (Å²) >= 11 is 1.75. The number of nitrogen functional groups attached to an aromatic ring is 1. The molecule has 0 radical (unpaired) electrons. The topological polar surface area (TPSA) is 43.8 Å². The van der Waals surface area contributed by atoms with Crippen molar-refractivity contribution in [2.75, 3.05) is 5.73 Å². The average molecular weight is 285 g/mol. The molecule has 1 aromatic carbocycles. The van der Waals surface area contributed by atoms with Crippen LogP contribution in [0.15, 0.2) is 35.0 Å². The van der Waals surface area contributed by atoms with Crippen molar-refractivity contribution in [3.8, 4) is 0 Å². The van der Waals surface area contributed by atoms with E-state index in [1.54, 1.807) is 11.3 Å². The molecule has 2 N–H and O–H groups in total. The van der Waals surface area contributed by atoms with Gasteiger partial charge in [0.15, 0.2) is 0 Å². The van der Waals surface area contributed by atoms with E-state index in [2.05, 4.69) is 41.3 Å². The maximum Gasteiger partial charge on any atom is 0.112 e. The number of fused-ring (bicyclic) bond motifs is 1. The van der Waals surface area contributed by atoms with Crippen LogP contribution in [-0.2, 0) is 13.0 Å². The molecule has 0 aliphatic carbocycles. The third-order valence-corrected chi connectivity index (χ3v) is 4.25. The molecule has 2 aromatic heterocycles. The Morgan fingerprint density at radius 2 is 2.15 bits per heavy atom. The van der Waals surface area contributed by atoms with Gasteiger partial charge in [0.2, 0.25) is 0 Å². The number of aryl methyl sites for hydroxylation is 2. The van der Waals surface area contributed by atoms with E-state index in [0.29, 0.717) is 5.92 Å².